The lowest BCUT2D eigenvalue weighted by Crippen LogP contribution is -2.31. The summed E-state index contributed by atoms with van der Waals surface area (Å²) in [7, 11) is 0. The minimum Gasteiger partial charge on any atom is -0.481 e. The van der Waals surface area contributed by atoms with Crippen molar-refractivity contribution < 1.29 is 14.8 Å². The van der Waals surface area contributed by atoms with E-state index in [1.165, 1.54) is 32.0 Å². The third kappa shape index (κ3) is 3.33. The molecule has 0 radical (unpaired) electrons. The molecule has 0 aromatic heterocycles. The summed E-state index contributed by atoms with van der Waals surface area (Å²) in [5, 5.41) is 22.8. The van der Waals surface area contributed by atoms with Gasteiger partial charge >= 0.3 is 5.97 Å². The fraction of sp³-hybridized carbons (Fsp3) is 0.364. The molecule has 0 aliphatic heterocycles. The second kappa shape index (κ2) is 5.22. The molecule has 1 aromatic carbocycles. The number of hydrogen-bond acceptors (Lipinski definition) is 4. The fourth-order valence-corrected chi connectivity index (χ4v) is 1.37. The van der Waals surface area contributed by atoms with Gasteiger partial charge in [-0.1, -0.05) is 11.6 Å². The van der Waals surface area contributed by atoms with E-state index in [0.29, 0.717) is 5.02 Å². The fourth-order valence-electron chi connectivity index (χ4n) is 1.20. The van der Waals surface area contributed by atoms with Crippen LogP contribution in [0, 0.1) is 15.5 Å². The van der Waals surface area contributed by atoms with Crippen LogP contribution in [0.5, 0.6) is 0 Å². The Morgan fingerprint density at radius 3 is 2.67 bits per heavy atom. The lowest BCUT2D eigenvalue weighted by molar-refractivity contribution is -0.384. The highest BCUT2D eigenvalue weighted by molar-refractivity contribution is 6.31. The first-order valence-corrected chi connectivity index (χ1v) is 5.53. The van der Waals surface area contributed by atoms with Gasteiger partial charge in [-0.3, -0.25) is 14.9 Å². The zero-order valence-corrected chi connectivity index (χ0v) is 10.7. The van der Waals surface area contributed by atoms with Crippen molar-refractivity contribution in [2.45, 2.75) is 13.8 Å². The van der Waals surface area contributed by atoms with Gasteiger partial charge in [-0.25, -0.2) is 0 Å². The topological polar surface area (TPSA) is 92.5 Å². The van der Waals surface area contributed by atoms with Gasteiger partial charge in [0.2, 0.25) is 0 Å². The number of rotatable bonds is 5. The summed E-state index contributed by atoms with van der Waals surface area (Å²) in [6.45, 7) is 3.11. The summed E-state index contributed by atoms with van der Waals surface area (Å²) in [4.78, 5) is 21.2. The van der Waals surface area contributed by atoms with Crippen molar-refractivity contribution >= 4 is 28.9 Å². The standard InChI is InChI=1S/C11H13ClN2O4/c1-11(2,10(15)16)6-13-8-5-7(12)3-4-9(8)14(17)18/h3-5,13H,6H2,1-2H3,(H,15,16). The number of nitro benzene ring substituents is 1. The molecule has 0 bridgehead atoms. The van der Waals surface area contributed by atoms with Crippen molar-refractivity contribution in [3.8, 4) is 0 Å². The predicted molar refractivity (Wildman–Crippen MR) is 68.0 cm³/mol. The number of hydrogen-bond donors (Lipinski definition) is 2. The molecular formula is C11H13ClN2O4. The van der Waals surface area contributed by atoms with Gasteiger partial charge < -0.3 is 10.4 Å². The molecular weight excluding hydrogens is 260 g/mol. The minimum absolute atomic E-state index is 0.0590. The van der Waals surface area contributed by atoms with Crippen molar-refractivity contribution in [3.63, 3.8) is 0 Å². The first-order chi connectivity index (χ1) is 8.24. The van der Waals surface area contributed by atoms with Crippen LogP contribution in [-0.2, 0) is 4.79 Å². The summed E-state index contributed by atoms with van der Waals surface area (Å²) in [5.41, 5.74) is -0.960. The van der Waals surface area contributed by atoms with Gasteiger partial charge in [-0.2, -0.15) is 0 Å². The molecule has 0 amide bonds. The van der Waals surface area contributed by atoms with E-state index < -0.39 is 16.3 Å². The Morgan fingerprint density at radius 1 is 1.56 bits per heavy atom. The lowest BCUT2D eigenvalue weighted by atomic mass is 9.94. The highest BCUT2D eigenvalue weighted by Gasteiger charge is 2.27. The molecule has 0 saturated carbocycles. The maximum Gasteiger partial charge on any atom is 0.310 e. The van der Waals surface area contributed by atoms with E-state index in [9.17, 15) is 14.9 Å². The molecule has 6 nitrogen and oxygen atoms in total. The minimum atomic E-state index is -1.03. The van der Waals surface area contributed by atoms with E-state index in [4.69, 9.17) is 16.7 Å². The van der Waals surface area contributed by atoms with E-state index in [2.05, 4.69) is 5.32 Å². The van der Waals surface area contributed by atoms with Crippen LogP contribution < -0.4 is 5.32 Å². The molecule has 0 aliphatic rings. The molecule has 7 heteroatoms. The normalized spacial score (nSPS) is 11.1. The number of carbonyl (C=O) groups is 1. The molecule has 0 atom stereocenters. The van der Waals surface area contributed by atoms with Crippen LogP contribution in [0.4, 0.5) is 11.4 Å². The third-order valence-corrected chi connectivity index (χ3v) is 2.69. The highest BCUT2D eigenvalue weighted by atomic mass is 35.5. The number of nitrogens with one attached hydrogen (secondary N) is 1. The van der Waals surface area contributed by atoms with E-state index in [-0.39, 0.29) is 17.9 Å². The summed E-state index contributed by atoms with van der Waals surface area (Å²) >= 11 is 5.76. The van der Waals surface area contributed by atoms with Gasteiger partial charge in [0.15, 0.2) is 0 Å². The Kier molecular flexibility index (Phi) is 4.13. The van der Waals surface area contributed by atoms with E-state index in [0.717, 1.165) is 0 Å². The number of benzene rings is 1. The molecule has 0 saturated heterocycles. The third-order valence-electron chi connectivity index (χ3n) is 2.46. The maximum absolute atomic E-state index is 10.9. The SMILES string of the molecule is CC(C)(CNc1cc(Cl)ccc1[N+](=O)[O-])C(=O)O. The Hall–Kier alpha value is -1.82. The first-order valence-electron chi connectivity index (χ1n) is 5.15. The summed E-state index contributed by atoms with van der Waals surface area (Å²) in [6, 6.07) is 4.09. The zero-order chi connectivity index (χ0) is 13.9. The number of carboxylic acids is 1. The Balaban J connectivity index is 2.94. The highest BCUT2D eigenvalue weighted by Crippen LogP contribution is 2.28. The molecule has 0 spiro atoms. The van der Waals surface area contributed by atoms with E-state index in [1.54, 1.807) is 0 Å². The van der Waals surface area contributed by atoms with Gasteiger partial charge in [-0.15, -0.1) is 0 Å². The van der Waals surface area contributed by atoms with Crippen molar-refractivity contribution in [2.24, 2.45) is 5.41 Å². The van der Waals surface area contributed by atoms with Crippen LogP contribution in [0.25, 0.3) is 0 Å². The van der Waals surface area contributed by atoms with Crippen molar-refractivity contribution in [3.05, 3.63) is 33.3 Å². The molecule has 1 aromatic rings. The largest absolute Gasteiger partial charge is 0.481 e. The molecule has 98 valence electrons. The molecule has 0 aliphatic carbocycles. The molecule has 0 heterocycles. The quantitative estimate of drug-likeness (QED) is 0.635. The van der Waals surface area contributed by atoms with Crippen molar-refractivity contribution in [2.75, 3.05) is 11.9 Å². The second-order valence-corrected chi connectivity index (χ2v) is 4.90. The van der Waals surface area contributed by atoms with Gasteiger partial charge in [0.1, 0.15) is 5.69 Å². The number of aliphatic carboxylic acids is 1. The van der Waals surface area contributed by atoms with Crippen LogP contribution in [0.2, 0.25) is 5.02 Å². The summed E-state index contributed by atoms with van der Waals surface area (Å²) in [5.74, 6) is -0.986. The second-order valence-electron chi connectivity index (χ2n) is 4.46. The Labute approximate surface area is 109 Å². The van der Waals surface area contributed by atoms with Crippen LogP contribution >= 0.6 is 11.6 Å². The van der Waals surface area contributed by atoms with Crippen LogP contribution in [0.1, 0.15) is 13.8 Å². The van der Waals surface area contributed by atoms with Gasteiger partial charge in [-0.05, 0) is 26.0 Å². The van der Waals surface area contributed by atoms with E-state index in [1.807, 2.05) is 0 Å². The molecule has 2 N–H and O–H groups in total. The van der Waals surface area contributed by atoms with Gasteiger partial charge in [0.25, 0.3) is 5.69 Å². The molecule has 0 fully saturated rings. The molecule has 18 heavy (non-hydrogen) atoms. The number of nitrogens with zero attached hydrogens (tertiary/aromatic N) is 1. The molecule has 0 unspecified atom stereocenters. The Bertz CT molecular complexity index is 488. The summed E-state index contributed by atoms with van der Waals surface area (Å²) in [6.07, 6.45) is 0. The average Bonchev–Trinajstić information content (AvgIpc) is 2.26. The van der Waals surface area contributed by atoms with E-state index >= 15 is 0 Å². The number of halogens is 1. The Morgan fingerprint density at radius 2 is 2.17 bits per heavy atom. The number of carboxylic acid groups (broad SMARTS) is 1. The van der Waals surface area contributed by atoms with Crippen molar-refractivity contribution in [1.29, 1.82) is 0 Å². The monoisotopic (exact) mass is 272 g/mol. The smallest absolute Gasteiger partial charge is 0.310 e. The van der Waals surface area contributed by atoms with Crippen molar-refractivity contribution in [1.82, 2.24) is 0 Å². The van der Waals surface area contributed by atoms with Gasteiger partial charge in [0, 0.05) is 17.6 Å². The molecule has 1 rings (SSSR count). The van der Waals surface area contributed by atoms with Crippen LogP contribution in [0.3, 0.4) is 0 Å². The predicted octanol–water partition coefficient (Wildman–Crippen LogP) is 2.77. The van der Waals surface area contributed by atoms with Gasteiger partial charge in [0.05, 0.1) is 10.3 Å². The summed E-state index contributed by atoms with van der Waals surface area (Å²) < 4.78 is 0. The zero-order valence-electron chi connectivity index (χ0n) is 9.94. The van der Waals surface area contributed by atoms with Crippen LogP contribution in [0.15, 0.2) is 18.2 Å². The first kappa shape index (κ1) is 14.2. The number of anilines is 1. The lowest BCUT2D eigenvalue weighted by Gasteiger charge is -2.20. The number of nitro groups is 1. The van der Waals surface area contributed by atoms with Crippen LogP contribution in [-0.4, -0.2) is 22.5 Å². The average molecular weight is 273 g/mol. The maximum atomic E-state index is 10.9.